The van der Waals surface area contributed by atoms with E-state index >= 15 is 0 Å². The van der Waals surface area contributed by atoms with Gasteiger partial charge in [-0.25, -0.2) is 0 Å². The fourth-order valence-corrected chi connectivity index (χ4v) is 1.94. The van der Waals surface area contributed by atoms with Crippen LogP contribution in [0, 0.1) is 0 Å². The number of Topliss-reactive ketones (excluding diaryl/α,β-unsaturated/α-hetero) is 1. The number of hydrogen-bond acceptors (Lipinski definition) is 3. The first kappa shape index (κ1) is 13.0. The summed E-state index contributed by atoms with van der Waals surface area (Å²) in [6.07, 6.45) is 0.869. The SMILES string of the molecule is O=C(CCc1cc(Cl)nnc1Cl)c1ccccc1. The molecule has 18 heavy (non-hydrogen) atoms. The summed E-state index contributed by atoms with van der Waals surface area (Å²) in [5.74, 6) is 0.0691. The molecule has 0 spiro atoms. The molecule has 1 aromatic heterocycles. The number of ketones is 1. The highest BCUT2D eigenvalue weighted by Crippen LogP contribution is 2.18. The number of hydrogen-bond donors (Lipinski definition) is 0. The minimum atomic E-state index is 0.0691. The van der Waals surface area contributed by atoms with Gasteiger partial charge in [0.1, 0.15) is 0 Å². The Morgan fingerprint density at radius 1 is 1.11 bits per heavy atom. The number of aryl methyl sites for hydroxylation is 1. The second kappa shape index (κ2) is 5.94. The highest BCUT2D eigenvalue weighted by Gasteiger charge is 2.09. The molecule has 2 rings (SSSR count). The minimum Gasteiger partial charge on any atom is -0.294 e. The Balaban J connectivity index is 2.04. The van der Waals surface area contributed by atoms with Gasteiger partial charge in [0.15, 0.2) is 16.1 Å². The van der Waals surface area contributed by atoms with Crippen molar-refractivity contribution >= 4 is 29.0 Å². The average molecular weight is 281 g/mol. The molecule has 0 aliphatic heterocycles. The third kappa shape index (κ3) is 3.28. The van der Waals surface area contributed by atoms with E-state index in [0.29, 0.717) is 23.6 Å². The molecule has 0 unspecified atom stereocenters. The summed E-state index contributed by atoms with van der Waals surface area (Å²) in [5.41, 5.74) is 1.43. The lowest BCUT2D eigenvalue weighted by molar-refractivity contribution is 0.0983. The van der Waals surface area contributed by atoms with Crippen LogP contribution in [0.5, 0.6) is 0 Å². The number of carbonyl (C=O) groups excluding carboxylic acids is 1. The molecule has 0 amide bonds. The smallest absolute Gasteiger partial charge is 0.163 e. The molecule has 0 aliphatic carbocycles. The second-order valence-corrected chi connectivity index (χ2v) is 4.52. The molecule has 1 aromatic carbocycles. The monoisotopic (exact) mass is 280 g/mol. The highest BCUT2D eigenvalue weighted by molar-refractivity contribution is 6.31. The predicted molar refractivity (Wildman–Crippen MR) is 71.1 cm³/mol. The third-order valence-electron chi connectivity index (χ3n) is 2.51. The number of nitrogens with zero attached hydrogens (tertiary/aromatic N) is 2. The third-order valence-corrected chi connectivity index (χ3v) is 3.01. The topological polar surface area (TPSA) is 42.9 Å². The van der Waals surface area contributed by atoms with E-state index in [1.54, 1.807) is 18.2 Å². The highest BCUT2D eigenvalue weighted by atomic mass is 35.5. The lowest BCUT2D eigenvalue weighted by Gasteiger charge is -2.03. The van der Waals surface area contributed by atoms with Crippen molar-refractivity contribution in [3.8, 4) is 0 Å². The predicted octanol–water partition coefficient (Wildman–Crippen LogP) is 3.60. The standard InChI is InChI=1S/C13H10Cl2N2O/c14-12-8-10(13(15)17-16-12)6-7-11(18)9-4-2-1-3-5-9/h1-5,8H,6-7H2. The quantitative estimate of drug-likeness (QED) is 0.804. The van der Waals surface area contributed by atoms with Gasteiger partial charge in [-0.2, -0.15) is 0 Å². The van der Waals surface area contributed by atoms with Gasteiger partial charge in [0.05, 0.1) is 0 Å². The van der Waals surface area contributed by atoms with Gasteiger partial charge in [-0.15, -0.1) is 10.2 Å². The summed E-state index contributed by atoms with van der Waals surface area (Å²) >= 11 is 11.6. The molecule has 1 heterocycles. The largest absolute Gasteiger partial charge is 0.294 e. The number of halogens is 2. The maximum atomic E-state index is 11.9. The van der Waals surface area contributed by atoms with Gasteiger partial charge in [0.25, 0.3) is 0 Å². The van der Waals surface area contributed by atoms with Crippen molar-refractivity contribution in [3.05, 3.63) is 57.8 Å². The molecule has 0 fully saturated rings. The van der Waals surface area contributed by atoms with Gasteiger partial charge in [-0.1, -0.05) is 53.5 Å². The molecule has 0 bridgehead atoms. The van der Waals surface area contributed by atoms with Gasteiger partial charge >= 0.3 is 0 Å². The van der Waals surface area contributed by atoms with Crippen LogP contribution in [-0.4, -0.2) is 16.0 Å². The van der Waals surface area contributed by atoms with Crippen molar-refractivity contribution < 1.29 is 4.79 Å². The van der Waals surface area contributed by atoms with Crippen LogP contribution in [0.15, 0.2) is 36.4 Å². The molecular formula is C13H10Cl2N2O. The van der Waals surface area contributed by atoms with Crippen LogP contribution in [-0.2, 0) is 6.42 Å². The molecule has 5 heteroatoms. The zero-order chi connectivity index (χ0) is 13.0. The summed E-state index contributed by atoms with van der Waals surface area (Å²) in [7, 11) is 0. The summed E-state index contributed by atoms with van der Waals surface area (Å²) in [6.45, 7) is 0. The van der Waals surface area contributed by atoms with Crippen molar-refractivity contribution in [2.45, 2.75) is 12.8 Å². The van der Waals surface area contributed by atoms with E-state index in [9.17, 15) is 4.79 Å². The minimum absolute atomic E-state index is 0.0691. The molecule has 0 saturated carbocycles. The molecule has 3 nitrogen and oxygen atoms in total. The van der Waals surface area contributed by atoms with Crippen LogP contribution >= 0.6 is 23.2 Å². The Morgan fingerprint density at radius 2 is 1.83 bits per heavy atom. The second-order valence-electron chi connectivity index (χ2n) is 3.77. The normalized spacial score (nSPS) is 10.3. The van der Waals surface area contributed by atoms with Gasteiger partial charge in [0.2, 0.25) is 0 Å². The van der Waals surface area contributed by atoms with E-state index in [4.69, 9.17) is 23.2 Å². The lowest BCUT2D eigenvalue weighted by Crippen LogP contribution is -2.02. The van der Waals surface area contributed by atoms with E-state index in [0.717, 1.165) is 5.56 Å². The van der Waals surface area contributed by atoms with Crippen LogP contribution in [0.4, 0.5) is 0 Å². The van der Waals surface area contributed by atoms with Gasteiger partial charge in [0, 0.05) is 12.0 Å². The Labute approximate surface area is 115 Å². The van der Waals surface area contributed by atoms with Crippen molar-refractivity contribution in [2.24, 2.45) is 0 Å². The van der Waals surface area contributed by atoms with Crippen molar-refractivity contribution in [1.29, 1.82) is 0 Å². The molecule has 2 aromatic rings. The number of benzene rings is 1. The fraction of sp³-hybridized carbons (Fsp3) is 0.154. The Bertz CT molecular complexity index is 558. The first-order valence-electron chi connectivity index (χ1n) is 5.42. The van der Waals surface area contributed by atoms with E-state index in [-0.39, 0.29) is 10.9 Å². The van der Waals surface area contributed by atoms with Gasteiger partial charge in [-0.3, -0.25) is 4.79 Å². The zero-order valence-corrected chi connectivity index (χ0v) is 10.9. The molecule has 0 aliphatic rings. The van der Waals surface area contributed by atoms with Gasteiger partial charge in [-0.05, 0) is 18.1 Å². The van der Waals surface area contributed by atoms with Crippen LogP contribution in [0.25, 0.3) is 0 Å². The van der Waals surface area contributed by atoms with E-state index in [1.165, 1.54) is 0 Å². The average Bonchev–Trinajstić information content (AvgIpc) is 2.40. The van der Waals surface area contributed by atoms with Crippen molar-refractivity contribution in [1.82, 2.24) is 10.2 Å². The Morgan fingerprint density at radius 3 is 2.56 bits per heavy atom. The molecule has 0 atom stereocenters. The molecule has 92 valence electrons. The Hall–Kier alpha value is -1.45. The zero-order valence-electron chi connectivity index (χ0n) is 9.44. The summed E-state index contributed by atoms with van der Waals surface area (Å²) in [6, 6.07) is 10.8. The summed E-state index contributed by atoms with van der Waals surface area (Å²) in [4.78, 5) is 11.9. The van der Waals surface area contributed by atoms with E-state index < -0.39 is 0 Å². The first-order valence-corrected chi connectivity index (χ1v) is 6.18. The molecular weight excluding hydrogens is 271 g/mol. The van der Waals surface area contributed by atoms with Crippen LogP contribution in [0.3, 0.4) is 0 Å². The van der Waals surface area contributed by atoms with Crippen molar-refractivity contribution in [2.75, 3.05) is 0 Å². The maximum Gasteiger partial charge on any atom is 0.163 e. The summed E-state index contributed by atoms with van der Waals surface area (Å²) in [5, 5.41) is 7.90. The van der Waals surface area contributed by atoms with Gasteiger partial charge < -0.3 is 0 Å². The maximum absolute atomic E-state index is 11.9. The Kier molecular flexibility index (Phi) is 4.28. The van der Waals surface area contributed by atoms with Crippen LogP contribution < -0.4 is 0 Å². The van der Waals surface area contributed by atoms with Crippen LogP contribution in [0.1, 0.15) is 22.3 Å². The number of aromatic nitrogens is 2. The number of carbonyl (C=O) groups is 1. The first-order chi connectivity index (χ1) is 8.66. The molecule has 0 N–H and O–H groups in total. The molecule has 0 radical (unpaired) electrons. The molecule has 0 saturated heterocycles. The van der Waals surface area contributed by atoms with Crippen molar-refractivity contribution in [3.63, 3.8) is 0 Å². The van der Waals surface area contributed by atoms with E-state index in [1.807, 2.05) is 18.2 Å². The fourth-order valence-electron chi connectivity index (χ4n) is 1.58. The summed E-state index contributed by atoms with van der Waals surface area (Å²) < 4.78 is 0. The van der Waals surface area contributed by atoms with Crippen LogP contribution in [0.2, 0.25) is 10.3 Å². The lowest BCUT2D eigenvalue weighted by atomic mass is 10.0. The van der Waals surface area contributed by atoms with E-state index in [2.05, 4.69) is 10.2 Å². The number of rotatable bonds is 4.